The number of ether oxygens (including phenoxy) is 2. The van der Waals surface area contributed by atoms with Crippen LogP contribution in [0.3, 0.4) is 0 Å². The van der Waals surface area contributed by atoms with Crippen LogP contribution in [0.2, 0.25) is 0 Å². The minimum Gasteiger partial charge on any atom is -0.462 e. The zero-order valence-corrected chi connectivity index (χ0v) is 37.8. The Morgan fingerprint density at radius 2 is 0.932 bits per heavy atom. The molecule has 0 aliphatic rings. The van der Waals surface area contributed by atoms with Crippen molar-refractivity contribution in [2.45, 2.75) is 193 Å². The van der Waals surface area contributed by atoms with Gasteiger partial charge >= 0.3 is 19.8 Å². The number of hydrogen-bond acceptors (Lipinski definition) is 9. The van der Waals surface area contributed by atoms with Crippen molar-refractivity contribution in [3.8, 4) is 0 Å². The Morgan fingerprint density at radius 1 is 0.525 bits per heavy atom. The SMILES string of the molecule is CC/C=C/C/C=C/C/C=C/C/C=C/C/C=C/CCCCCC(=O)O[C@H](COC(=O)CCCCCCCCCCC/C=C/CCCCCC)COP(=O)(O)OC[C@@H](O)CO. The fourth-order valence-corrected chi connectivity index (χ4v) is 6.63. The van der Waals surface area contributed by atoms with Gasteiger partial charge in [0.25, 0.3) is 0 Å². The summed E-state index contributed by atoms with van der Waals surface area (Å²) >= 11 is 0. The van der Waals surface area contributed by atoms with Crippen molar-refractivity contribution in [3.05, 3.63) is 72.9 Å². The van der Waals surface area contributed by atoms with Crippen LogP contribution in [0, 0.1) is 0 Å². The monoisotopic (exact) mass is 851 g/mol. The van der Waals surface area contributed by atoms with Gasteiger partial charge in [-0.3, -0.25) is 18.6 Å². The topological polar surface area (TPSA) is 149 Å². The Bertz CT molecular complexity index is 1210. The number of esters is 2. The molecule has 0 saturated heterocycles. The summed E-state index contributed by atoms with van der Waals surface area (Å²) < 4.78 is 32.7. The van der Waals surface area contributed by atoms with Crippen molar-refractivity contribution in [1.82, 2.24) is 0 Å². The largest absolute Gasteiger partial charge is 0.472 e. The normalized spacial score (nSPS) is 14.5. The average molecular weight is 851 g/mol. The smallest absolute Gasteiger partial charge is 0.462 e. The van der Waals surface area contributed by atoms with Gasteiger partial charge in [-0.15, -0.1) is 0 Å². The van der Waals surface area contributed by atoms with Gasteiger partial charge < -0.3 is 24.6 Å². The van der Waals surface area contributed by atoms with E-state index in [1.165, 1.54) is 70.6 Å². The van der Waals surface area contributed by atoms with Gasteiger partial charge in [0, 0.05) is 12.8 Å². The van der Waals surface area contributed by atoms with Crippen molar-refractivity contribution in [2.24, 2.45) is 0 Å². The Morgan fingerprint density at radius 3 is 1.44 bits per heavy atom. The number of carbonyl (C=O) groups is 2. The summed E-state index contributed by atoms with van der Waals surface area (Å²) in [6.45, 7) is 2.21. The van der Waals surface area contributed by atoms with Crippen LogP contribution in [-0.4, -0.2) is 65.7 Å². The molecule has 1 unspecified atom stereocenters. The number of rotatable bonds is 42. The van der Waals surface area contributed by atoms with E-state index in [1.54, 1.807) is 0 Å². The number of phosphoric ester groups is 1. The van der Waals surface area contributed by atoms with Gasteiger partial charge in [0.15, 0.2) is 6.10 Å². The van der Waals surface area contributed by atoms with Crippen LogP contribution in [0.15, 0.2) is 72.9 Å². The zero-order chi connectivity index (χ0) is 43.3. The van der Waals surface area contributed by atoms with Crippen LogP contribution in [0.1, 0.15) is 181 Å². The second-order valence-electron chi connectivity index (χ2n) is 15.0. The molecule has 0 heterocycles. The second kappa shape index (κ2) is 43.5. The molecule has 340 valence electrons. The van der Waals surface area contributed by atoms with Crippen molar-refractivity contribution in [1.29, 1.82) is 0 Å². The Labute approximate surface area is 358 Å². The van der Waals surface area contributed by atoms with Gasteiger partial charge in [0.1, 0.15) is 12.7 Å². The first kappa shape index (κ1) is 56.4. The van der Waals surface area contributed by atoms with Gasteiger partial charge in [0.2, 0.25) is 0 Å². The molecular weight excluding hydrogens is 767 g/mol. The minimum absolute atomic E-state index is 0.142. The van der Waals surface area contributed by atoms with Gasteiger partial charge in [-0.1, -0.05) is 157 Å². The third kappa shape index (κ3) is 43.3. The summed E-state index contributed by atoms with van der Waals surface area (Å²) in [5, 5.41) is 18.4. The molecule has 0 amide bonds. The van der Waals surface area contributed by atoms with E-state index in [-0.39, 0.29) is 19.4 Å². The van der Waals surface area contributed by atoms with Crippen LogP contribution in [-0.2, 0) is 32.7 Å². The Kier molecular flexibility index (Phi) is 41.6. The van der Waals surface area contributed by atoms with Crippen LogP contribution in [0.4, 0.5) is 0 Å². The molecule has 3 N–H and O–H groups in total. The lowest BCUT2D eigenvalue weighted by molar-refractivity contribution is -0.161. The molecule has 11 heteroatoms. The van der Waals surface area contributed by atoms with Crippen molar-refractivity contribution < 1.29 is 47.8 Å². The predicted octanol–water partition coefficient (Wildman–Crippen LogP) is 12.4. The molecule has 0 aromatic carbocycles. The van der Waals surface area contributed by atoms with Crippen LogP contribution in [0.5, 0.6) is 0 Å². The third-order valence-electron chi connectivity index (χ3n) is 9.34. The lowest BCUT2D eigenvalue weighted by Crippen LogP contribution is -2.29. The van der Waals surface area contributed by atoms with E-state index in [2.05, 4.69) is 86.8 Å². The highest BCUT2D eigenvalue weighted by Gasteiger charge is 2.27. The number of allylic oxidation sites excluding steroid dienone is 12. The summed E-state index contributed by atoms with van der Waals surface area (Å²) in [6.07, 6.45) is 50.0. The van der Waals surface area contributed by atoms with E-state index in [0.29, 0.717) is 12.8 Å². The number of aliphatic hydroxyl groups excluding tert-OH is 2. The third-order valence-corrected chi connectivity index (χ3v) is 10.3. The molecule has 0 saturated carbocycles. The molecule has 3 atom stereocenters. The van der Waals surface area contributed by atoms with Gasteiger partial charge in [-0.05, 0) is 83.5 Å². The van der Waals surface area contributed by atoms with Gasteiger partial charge in [-0.2, -0.15) is 0 Å². The highest BCUT2D eigenvalue weighted by molar-refractivity contribution is 7.47. The molecule has 0 aliphatic heterocycles. The first-order valence-corrected chi connectivity index (χ1v) is 24.4. The van der Waals surface area contributed by atoms with E-state index in [0.717, 1.165) is 70.6 Å². The number of hydrogen-bond donors (Lipinski definition) is 3. The molecule has 10 nitrogen and oxygen atoms in total. The van der Waals surface area contributed by atoms with Crippen molar-refractivity contribution in [3.63, 3.8) is 0 Å². The molecular formula is C48H83O10P. The molecule has 0 rings (SSSR count). The lowest BCUT2D eigenvalue weighted by atomic mass is 10.1. The number of carbonyl (C=O) groups excluding carboxylic acids is 2. The molecule has 0 fully saturated rings. The number of unbranched alkanes of at least 4 members (excludes halogenated alkanes) is 16. The average Bonchev–Trinajstić information content (AvgIpc) is 3.22. The highest BCUT2D eigenvalue weighted by Crippen LogP contribution is 2.43. The molecule has 0 aromatic heterocycles. The standard InChI is InChI=1S/C48H83O10P/c1-3-5-7-9-11-13-15-17-19-21-22-24-26-28-30-32-34-36-38-40-48(52)58-46(44-57-59(53,54)56-42-45(50)41-49)43-55-47(51)39-37-35-33-31-29-27-25-23-20-18-16-14-12-10-8-6-4-2/h5,7,11,13-14,16-17,19,22,24,28,30,45-46,49-50H,3-4,6,8-10,12,15,18,20-21,23,25-27,29,31-44H2,1-2H3,(H,53,54)/b7-5+,13-11+,16-14+,19-17+,24-22+,30-28+/t45-,46+/m0/s1. The summed E-state index contributed by atoms with van der Waals surface area (Å²) in [7, 11) is -4.63. The van der Waals surface area contributed by atoms with E-state index in [4.69, 9.17) is 23.6 Å². The van der Waals surface area contributed by atoms with E-state index >= 15 is 0 Å². The molecule has 0 spiro atoms. The maximum Gasteiger partial charge on any atom is 0.472 e. The Balaban J connectivity index is 4.34. The highest BCUT2D eigenvalue weighted by atomic mass is 31.2. The van der Waals surface area contributed by atoms with E-state index < -0.39 is 51.8 Å². The summed E-state index contributed by atoms with van der Waals surface area (Å²) in [5.41, 5.74) is 0. The Hall–Kier alpha value is -2.59. The van der Waals surface area contributed by atoms with Crippen LogP contribution < -0.4 is 0 Å². The quantitative estimate of drug-likeness (QED) is 0.0234. The van der Waals surface area contributed by atoms with E-state index in [9.17, 15) is 24.2 Å². The second-order valence-corrected chi connectivity index (χ2v) is 16.5. The van der Waals surface area contributed by atoms with Crippen LogP contribution in [0.25, 0.3) is 0 Å². The number of aliphatic hydroxyl groups is 2. The lowest BCUT2D eigenvalue weighted by Gasteiger charge is -2.20. The van der Waals surface area contributed by atoms with Crippen LogP contribution >= 0.6 is 7.82 Å². The van der Waals surface area contributed by atoms with Gasteiger partial charge in [-0.25, -0.2) is 4.57 Å². The van der Waals surface area contributed by atoms with Crippen molar-refractivity contribution >= 4 is 19.8 Å². The molecule has 0 aliphatic carbocycles. The predicted molar refractivity (Wildman–Crippen MR) is 242 cm³/mol. The fourth-order valence-electron chi connectivity index (χ4n) is 5.84. The first-order valence-electron chi connectivity index (χ1n) is 22.9. The number of phosphoric acid groups is 1. The van der Waals surface area contributed by atoms with E-state index in [1.807, 2.05) is 0 Å². The minimum atomic E-state index is -4.63. The molecule has 0 bridgehead atoms. The molecule has 0 radical (unpaired) electrons. The maximum atomic E-state index is 12.6. The molecule has 59 heavy (non-hydrogen) atoms. The van der Waals surface area contributed by atoms with Crippen molar-refractivity contribution in [2.75, 3.05) is 26.4 Å². The maximum absolute atomic E-state index is 12.6. The first-order chi connectivity index (χ1) is 28.7. The fraction of sp³-hybridized carbons (Fsp3) is 0.708. The zero-order valence-electron chi connectivity index (χ0n) is 36.9. The summed E-state index contributed by atoms with van der Waals surface area (Å²) in [5.74, 6) is -0.968. The summed E-state index contributed by atoms with van der Waals surface area (Å²) in [6, 6.07) is 0. The van der Waals surface area contributed by atoms with Gasteiger partial charge in [0.05, 0.1) is 19.8 Å². The molecule has 0 aromatic rings. The summed E-state index contributed by atoms with van der Waals surface area (Å²) in [4.78, 5) is 35.1.